The molecule has 6 atom stereocenters. The Kier molecular flexibility index (Phi) is 4.59. The molecule has 2 nitrogen and oxygen atoms in total. The largest absolute Gasteiger partial charge is 0.507 e. The van der Waals surface area contributed by atoms with Crippen LogP contribution in [0.3, 0.4) is 0 Å². The highest BCUT2D eigenvalue weighted by molar-refractivity contribution is 5.51. The molecule has 4 aliphatic rings. The lowest BCUT2D eigenvalue weighted by Gasteiger charge is -2.42. The first-order valence-electron chi connectivity index (χ1n) is 12.8. The molecule has 5 rings (SSSR count). The van der Waals surface area contributed by atoms with Crippen LogP contribution < -0.4 is 0 Å². The highest BCUT2D eigenvalue weighted by Crippen LogP contribution is 2.74. The maximum Gasteiger partial charge on any atom is 0.122 e. The van der Waals surface area contributed by atoms with Crippen LogP contribution in [0.15, 0.2) is 12.1 Å². The van der Waals surface area contributed by atoms with Gasteiger partial charge in [-0.15, -0.1) is 0 Å². The Balaban J connectivity index is 1.63. The molecule has 172 valence electrons. The molecule has 0 saturated heterocycles. The van der Waals surface area contributed by atoms with Crippen molar-refractivity contribution in [1.29, 1.82) is 0 Å². The lowest BCUT2D eigenvalue weighted by molar-refractivity contribution is 0.130. The molecule has 4 saturated carbocycles. The summed E-state index contributed by atoms with van der Waals surface area (Å²) in [6.07, 6.45) is 7.83. The van der Waals surface area contributed by atoms with Gasteiger partial charge in [-0.2, -0.15) is 0 Å². The number of hydrogen-bond acceptors (Lipinski definition) is 2. The summed E-state index contributed by atoms with van der Waals surface area (Å²) < 4.78 is 0. The maximum atomic E-state index is 11.9. The molecular formula is C29H45NO. The summed E-state index contributed by atoms with van der Waals surface area (Å²) in [6.45, 7) is 16.0. The quantitative estimate of drug-likeness (QED) is 0.548. The summed E-state index contributed by atoms with van der Waals surface area (Å²) in [7, 11) is 4.33. The average molecular weight is 424 g/mol. The van der Waals surface area contributed by atoms with Crippen LogP contribution in [-0.4, -0.2) is 24.1 Å². The predicted octanol–water partition coefficient (Wildman–Crippen LogP) is 7.31. The van der Waals surface area contributed by atoms with Crippen LogP contribution in [-0.2, 0) is 6.54 Å². The Hall–Kier alpha value is -1.02. The monoisotopic (exact) mass is 423 g/mol. The van der Waals surface area contributed by atoms with Crippen molar-refractivity contribution in [2.45, 2.75) is 98.4 Å². The van der Waals surface area contributed by atoms with E-state index < -0.39 is 0 Å². The van der Waals surface area contributed by atoms with Crippen LogP contribution in [0.4, 0.5) is 0 Å². The highest BCUT2D eigenvalue weighted by atomic mass is 16.3. The van der Waals surface area contributed by atoms with Crippen LogP contribution in [0.2, 0.25) is 0 Å². The zero-order valence-corrected chi connectivity index (χ0v) is 21.3. The molecule has 1 N–H and O–H groups in total. The van der Waals surface area contributed by atoms with Gasteiger partial charge in [0.25, 0.3) is 0 Å². The molecule has 4 aliphatic carbocycles. The molecule has 0 aromatic heterocycles. The fourth-order valence-electron chi connectivity index (χ4n) is 9.08. The number of nitrogens with zero attached hydrogens (tertiary/aromatic N) is 1. The fourth-order valence-corrected chi connectivity index (χ4v) is 9.08. The molecule has 1 aromatic rings. The van der Waals surface area contributed by atoms with E-state index in [9.17, 15) is 5.11 Å². The zero-order valence-electron chi connectivity index (χ0n) is 21.3. The third-order valence-electron chi connectivity index (χ3n) is 12.1. The summed E-state index contributed by atoms with van der Waals surface area (Å²) >= 11 is 0. The van der Waals surface area contributed by atoms with Gasteiger partial charge in [0.1, 0.15) is 5.75 Å². The summed E-state index contributed by atoms with van der Waals surface area (Å²) in [5.41, 5.74) is 5.25. The molecule has 0 aliphatic heterocycles. The van der Waals surface area contributed by atoms with Gasteiger partial charge in [-0.1, -0.05) is 53.7 Å². The van der Waals surface area contributed by atoms with Crippen LogP contribution in [0.5, 0.6) is 5.75 Å². The van der Waals surface area contributed by atoms with Gasteiger partial charge in [-0.05, 0) is 115 Å². The Morgan fingerprint density at radius 2 is 1.23 bits per heavy atom. The third kappa shape index (κ3) is 2.66. The standard InChI is InChI=1S/C29H45NO/c1-26(2)19-9-11-28(26,5)23(15-19)21-13-18(17-30(7)8)14-22(25(21)31)24-16-20-10-12-29(24,6)27(20,3)4/h13-14,19-20,23-24,31H,9-12,15-17H2,1-8H3. The molecule has 2 heteroatoms. The van der Waals surface area contributed by atoms with Crippen molar-refractivity contribution in [2.75, 3.05) is 14.1 Å². The van der Waals surface area contributed by atoms with E-state index in [1.807, 2.05) is 0 Å². The lowest BCUT2D eigenvalue weighted by atomic mass is 9.63. The van der Waals surface area contributed by atoms with Crippen molar-refractivity contribution in [3.63, 3.8) is 0 Å². The molecule has 4 bridgehead atoms. The van der Waals surface area contributed by atoms with Crippen LogP contribution in [0.1, 0.15) is 109 Å². The van der Waals surface area contributed by atoms with Gasteiger partial charge >= 0.3 is 0 Å². The van der Waals surface area contributed by atoms with E-state index in [1.165, 1.54) is 55.2 Å². The summed E-state index contributed by atoms with van der Waals surface area (Å²) in [5.74, 6) is 3.22. The van der Waals surface area contributed by atoms with Crippen molar-refractivity contribution in [3.05, 3.63) is 28.8 Å². The number of phenolic OH excluding ortho intramolecular Hbond substituents is 1. The maximum absolute atomic E-state index is 11.9. The first-order chi connectivity index (χ1) is 14.3. The van der Waals surface area contributed by atoms with Gasteiger partial charge in [0.15, 0.2) is 0 Å². The van der Waals surface area contributed by atoms with Gasteiger partial charge < -0.3 is 10.0 Å². The van der Waals surface area contributed by atoms with Crippen molar-refractivity contribution < 1.29 is 5.11 Å². The second-order valence-electron chi connectivity index (χ2n) is 13.7. The molecule has 0 amide bonds. The predicted molar refractivity (Wildman–Crippen MR) is 129 cm³/mol. The minimum atomic E-state index is 0.293. The number of fused-ring (bicyclic) bond motifs is 4. The summed E-state index contributed by atoms with van der Waals surface area (Å²) in [5, 5.41) is 11.9. The number of phenols is 1. The minimum Gasteiger partial charge on any atom is -0.507 e. The SMILES string of the molecule is CN(C)Cc1cc(C2CC3CCC2(C)C3(C)C)c(O)c(C2CC3CCC2(C)C3(C)C)c1. The smallest absolute Gasteiger partial charge is 0.122 e. The highest BCUT2D eigenvalue weighted by Gasteiger charge is 2.63. The van der Waals surface area contributed by atoms with Crippen molar-refractivity contribution in [1.82, 2.24) is 4.90 Å². The first-order valence-corrected chi connectivity index (χ1v) is 12.8. The third-order valence-corrected chi connectivity index (χ3v) is 12.1. The second-order valence-corrected chi connectivity index (χ2v) is 13.7. The van der Waals surface area contributed by atoms with Crippen molar-refractivity contribution in [3.8, 4) is 5.75 Å². The van der Waals surface area contributed by atoms with E-state index >= 15 is 0 Å². The van der Waals surface area contributed by atoms with Crippen molar-refractivity contribution in [2.24, 2.45) is 33.5 Å². The van der Waals surface area contributed by atoms with Gasteiger partial charge in [-0.25, -0.2) is 0 Å². The number of rotatable bonds is 4. The van der Waals surface area contributed by atoms with Gasteiger partial charge in [0.05, 0.1) is 0 Å². The van der Waals surface area contributed by atoms with Crippen molar-refractivity contribution >= 4 is 0 Å². The number of benzene rings is 1. The molecule has 31 heavy (non-hydrogen) atoms. The first kappa shape index (κ1) is 21.8. The average Bonchev–Trinajstić information content (AvgIpc) is 3.20. The number of aromatic hydroxyl groups is 1. The normalized spacial score (nSPS) is 42.1. The summed E-state index contributed by atoms with van der Waals surface area (Å²) in [4.78, 5) is 2.28. The molecule has 0 heterocycles. The molecule has 0 radical (unpaired) electrons. The Bertz CT molecular complexity index is 833. The van der Waals surface area contributed by atoms with E-state index in [0.717, 1.165) is 18.4 Å². The lowest BCUT2D eigenvalue weighted by Crippen LogP contribution is -2.32. The fraction of sp³-hybridized carbons (Fsp3) is 0.793. The van der Waals surface area contributed by atoms with Crippen LogP contribution >= 0.6 is 0 Å². The Labute approximate surface area is 190 Å². The van der Waals surface area contributed by atoms with Crippen LogP contribution in [0.25, 0.3) is 0 Å². The van der Waals surface area contributed by atoms with Crippen LogP contribution in [0, 0.1) is 33.5 Å². The van der Waals surface area contributed by atoms with E-state index in [1.54, 1.807) is 0 Å². The second kappa shape index (κ2) is 6.52. The molecule has 6 unspecified atom stereocenters. The minimum absolute atomic E-state index is 0.293. The molecule has 4 fully saturated rings. The molecular weight excluding hydrogens is 378 g/mol. The van der Waals surface area contributed by atoms with Gasteiger partial charge in [0, 0.05) is 6.54 Å². The van der Waals surface area contributed by atoms with Gasteiger partial charge in [0.2, 0.25) is 0 Å². The Morgan fingerprint density at radius 1 is 0.806 bits per heavy atom. The number of hydrogen-bond donors (Lipinski definition) is 1. The van der Waals surface area contributed by atoms with E-state index in [-0.39, 0.29) is 0 Å². The van der Waals surface area contributed by atoms with E-state index in [2.05, 4.69) is 72.7 Å². The molecule has 0 spiro atoms. The van der Waals surface area contributed by atoms with E-state index in [0.29, 0.717) is 39.2 Å². The summed E-state index contributed by atoms with van der Waals surface area (Å²) in [6, 6.07) is 4.76. The van der Waals surface area contributed by atoms with Gasteiger partial charge in [-0.3, -0.25) is 0 Å². The topological polar surface area (TPSA) is 23.5 Å². The Morgan fingerprint density at radius 3 is 1.52 bits per heavy atom. The molecule has 1 aromatic carbocycles. The zero-order chi connectivity index (χ0) is 22.6. The van der Waals surface area contributed by atoms with E-state index in [4.69, 9.17) is 0 Å².